The Morgan fingerprint density at radius 1 is 1.33 bits per heavy atom. The Morgan fingerprint density at radius 2 is 2.06 bits per heavy atom. The van der Waals surface area contributed by atoms with Crippen LogP contribution in [0.2, 0.25) is 0 Å². The molecule has 1 heterocycles. The van der Waals surface area contributed by atoms with Crippen molar-refractivity contribution in [1.29, 1.82) is 0 Å². The summed E-state index contributed by atoms with van der Waals surface area (Å²) in [5, 5.41) is 2.49. The molecule has 3 N–H and O–H groups in total. The highest BCUT2D eigenvalue weighted by molar-refractivity contribution is 6.07. The normalized spacial score (nSPS) is 22.4. The first-order valence-corrected chi connectivity index (χ1v) is 5.40. The van der Waals surface area contributed by atoms with Gasteiger partial charge in [-0.1, -0.05) is 0 Å². The van der Waals surface area contributed by atoms with E-state index in [9.17, 15) is 4.79 Å². The predicted octanol–water partition coefficient (Wildman–Crippen LogP) is 0.363. The van der Waals surface area contributed by atoms with Crippen molar-refractivity contribution in [2.24, 2.45) is 10.7 Å². The van der Waals surface area contributed by atoms with Gasteiger partial charge in [-0.3, -0.25) is 10.1 Å². The van der Waals surface area contributed by atoms with E-state index in [2.05, 4.69) is 10.3 Å². The van der Waals surface area contributed by atoms with Gasteiger partial charge in [0.05, 0.1) is 14.2 Å². The van der Waals surface area contributed by atoms with Crippen molar-refractivity contribution in [3.8, 4) is 11.5 Å². The number of rotatable bonds is 3. The SMILES string of the molecule is COc1ccc(C2(C)N=C(N)NC2=O)c(OC)c1. The molecule has 1 unspecified atom stereocenters. The van der Waals surface area contributed by atoms with Gasteiger partial charge >= 0.3 is 0 Å². The standard InChI is InChI=1S/C12H15N3O3/c1-12(10(16)14-11(13)15-12)8-5-4-7(17-2)6-9(8)18-3/h4-6H,1-3H3,(H3,13,14,15,16). The second-order valence-corrected chi connectivity index (χ2v) is 4.09. The average Bonchev–Trinajstić information content (AvgIpc) is 2.63. The van der Waals surface area contributed by atoms with Gasteiger partial charge in [-0.15, -0.1) is 0 Å². The van der Waals surface area contributed by atoms with Crippen molar-refractivity contribution in [3.05, 3.63) is 23.8 Å². The molecule has 6 heteroatoms. The summed E-state index contributed by atoms with van der Waals surface area (Å²) in [6.07, 6.45) is 0. The summed E-state index contributed by atoms with van der Waals surface area (Å²) in [7, 11) is 3.09. The van der Waals surface area contributed by atoms with Crippen LogP contribution < -0.4 is 20.5 Å². The van der Waals surface area contributed by atoms with E-state index in [4.69, 9.17) is 15.2 Å². The molecule has 0 aliphatic carbocycles. The zero-order valence-electron chi connectivity index (χ0n) is 10.5. The molecule has 1 aromatic carbocycles. The number of nitrogens with two attached hydrogens (primary N) is 1. The van der Waals surface area contributed by atoms with E-state index in [1.165, 1.54) is 7.11 Å². The number of amides is 1. The van der Waals surface area contributed by atoms with Crippen LogP contribution in [0, 0.1) is 0 Å². The molecule has 0 bridgehead atoms. The molecule has 0 fully saturated rings. The quantitative estimate of drug-likeness (QED) is 0.810. The number of nitrogens with one attached hydrogen (secondary N) is 1. The van der Waals surface area contributed by atoms with Gasteiger partial charge in [0.1, 0.15) is 11.5 Å². The fraction of sp³-hybridized carbons (Fsp3) is 0.333. The van der Waals surface area contributed by atoms with E-state index in [0.29, 0.717) is 17.1 Å². The predicted molar refractivity (Wildman–Crippen MR) is 66.7 cm³/mol. The first kappa shape index (κ1) is 12.2. The van der Waals surface area contributed by atoms with Crippen LogP contribution in [-0.4, -0.2) is 26.1 Å². The van der Waals surface area contributed by atoms with Gasteiger partial charge in [-0.2, -0.15) is 0 Å². The van der Waals surface area contributed by atoms with Gasteiger partial charge in [0.15, 0.2) is 11.5 Å². The number of ether oxygens (including phenoxy) is 2. The fourth-order valence-corrected chi connectivity index (χ4v) is 1.94. The van der Waals surface area contributed by atoms with Crippen molar-refractivity contribution in [3.63, 3.8) is 0 Å². The lowest BCUT2D eigenvalue weighted by atomic mass is 9.91. The van der Waals surface area contributed by atoms with Gasteiger partial charge in [0.2, 0.25) is 0 Å². The lowest BCUT2D eigenvalue weighted by Gasteiger charge is -2.21. The highest BCUT2D eigenvalue weighted by atomic mass is 16.5. The minimum absolute atomic E-state index is 0.111. The summed E-state index contributed by atoms with van der Waals surface area (Å²) >= 11 is 0. The van der Waals surface area contributed by atoms with Gasteiger partial charge in [-0.05, 0) is 19.1 Å². The van der Waals surface area contributed by atoms with Gasteiger partial charge in [0.25, 0.3) is 5.91 Å². The minimum Gasteiger partial charge on any atom is -0.497 e. The molecule has 96 valence electrons. The van der Waals surface area contributed by atoms with Crippen molar-refractivity contribution < 1.29 is 14.3 Å². The molecule has 0 spiro atoms. The van der Waals surface area contributed by atoms with Crippen LogP contribution in [-0.2, 0) is 10.3 Å². The van der Waals surface area contributed by atoms with Crippen molar-refractivity contribution >= 4 is 11.9 Å². The second kappa shape index (κ2) is 4.21. The zero-order valence-corrected chi connectivity index (χ0v) is 10.5. The number of methoxy groups -OCH3 is 2. The van der Waals surface area contributed by atoms with E-state index in [0.717, 1.165) is 0 Å². The fourth-order valence-electron chi connectivity index (χ4n) is 1.94. The van der Waals surface area contributed by atoms with Crippen LogP contribution in [0.5, 0.6) is 11.5 Å². The van der Waals surface area contributed by atoms with Crippen LogP contribution in [0.25, 0.3) is 0 Å². The number of nitrogens with zero attached hydrogens (tertiary/aromatic N) is 1. The van der Waals surface area contributed by atoms with Crippen LogP contribution in [0.3, 0.4) is 0 Å². The first-order chi connectivity index (χ1) is 8.51. The van der Waals surface area contributed by atoms with E-state index < -0.39 is 5.54 Å². The average molecular weight is 249 g/mol. The molecule has 6 nitrogen and oxygen atoms in total. The molecule has 0 radical (unpaired) electrons. The third-order valence-electron chi connectivity index (χ3n) is 2.96. The minimum atomic E-state index is -1.07. The maximum absolute atomic E-state index is 11.9. The molecule has 0 saturated heterocycles. The van der Waals surface area contributed by atoms with Gasteiger partial charge in [-0.25, -0.2) is 4.99 Å². The van der Waals surface area contributed by atoms with Crippen LogP contribution >= 0.6 is 0 Å². The third kappa shape index (κ3) is 1.75. The Bertz CT molecular complexity index is 527. The maximum Gasteiger partial charge on any atom is 0.259 e. The lowest BCUT2D eigenvalue weighted by Crippen LogP contribution is -2.37. The third-order valence-corrected chi connectivity index (χ3v) is 2.96. The van der Waals surface area contributed by atoms with Crippen LogP contribution in [0.15, 0.2) is 23.2 Å². The van der Waals surface area contributed by atoms with E-state index in [1.807, 2.05) is 0 Å². The Kier molecular flexibility index (Phi) is 2.86. The van der Waals surface area contributed by atoms with E-state index in [-0.39, 0.29) is 11.9 Å². The highest BCUT2D eigenvalue weighted by Gasteiger charge is 2.42. The largest absolute Gasteiger partial charge is 0.497 e. The molecule has 0 saturated carbocycles. The Hall–Kier alpha value is -2.24. The molecule has 1 aliphatic rings. The number of hydrogen-bond acceptors (Lipinski definition) is 5. The summed E-state index contributed by atoms with van der Waals surface area (Å²) in [6, 6.07) is 5.21. The number of carbonyl (C=O) groups excluding carboxylic acids is 1. The topological polar surface area (TPSA) is 85.9 Å². The molecule has 0 aromatic heterocycles. The number of guanidine groups is 1. The van der Waals surface area contributed by atoms with E-state index in [1.54, 1.807) is 32.2 Å². The maximum atomic E-state index is 11.9. The lowest BCUT2D eigenvalue weighted by molar-refractivity contribution is -0.123. The number of hydrogen-bond donors (Lipinski definition) is 2. The molecule has 1 aromatic rings. The Labute approximate surface area is 105 Å². The van der Waals surface area contributed by atoms with Crippen molar-refractivity contribution in [2.45, 2.75) is 12.5 Å². The second-order valence-electron chi connectivity index (χ2n) is 4.09. The molecular weight excluding hydrogens is 234 g/mol. The molecule has 1 aliphatic heterocycles. The zero-order chi connectivity index (χ0) is 13.3. The van der Waals surface area contributed by atoms with Gasteiger partial charge in [0, 0.05) is 11.6 Å². The first-order valence-electron chi connectivity index (χ1n) is 5.40. The number of aliphatic imine (C=N–C) groups is 1. The summed E-state index contributed by atoms with van der Waals surface area (Å²) in [6.45, 7) is 1.69. The number of carbonyl (C=O) groups is 1. The molecular formula is C12H15N3O3. The highest BCUT2D eigenvalue weighted by Crippen LogP contribution is 2.37. The molecule has 1 amide bonds. The van der Waals surface area contributed by atoms with Crippen LogP contribution in [0.4, 0.5) is 0 Å². The number of benzene rings is 1. The summed E-state index contributed by atoms with van der Waals surface area (Å²) in [5.41, 5.74) is 5.11. The Morgan fingerprint density at radius 3 is 2.56 bits per heavy atom. The summed E-state index contributed by atoms with van der Waals surface area (Å²) in [5.74, 6) is 1.02. The monoisotopic (exact) mass is 249 g/mol. The van der Waals surface area contributed by atoms with Crippen molar-refractivity contribution in [1.82, 2.24) is 5.32 Å². The van der Waals surface area contributed by atoms with Crippen molar-refractivity contribution in [2.75, 3.05) is 14.2 Å². The Balaban J connectivity index is 2.54. The smallest absolute Gasteiger partial charge is 0.259 e. The van der Waals surface area contributed by atoms with Gasteiger partial charge < -0.3 is 15.2 Å². The molecule has 1 atom stereocenters. The molecule has 2 rings (SSSR count). The van der Waals surface area contributed by atoms with Crippen LogP contribution in [0.1, 0.15) is 12.5 Å². The molecule has 18 heavy (non-hydrogen) atoms. The summed E-state index contributed by atoms with van der Waals surface area (Å²) < 4.78 is 10.4. The summed E-state index contributed by atoms with van der Waals surface area (Å²) in [4.78, 5) is 16.1. The van der Waals surface area contributed by atoms with E-state index >= 15 is 0 Å².